The minimum atomic E-state index is -0.407. The molecule has 186 valence electrons. The fourth-order valence-electron chi connectivity index (χ4n) is 5.43. The van der Waals surface area contributed by atoms with E-state index in [-0.39, 0.29) is 35.5 Å². The molecule has 6 rings (SSSR count). The maximum Gasteiger partial charge on any atom is 0.414 e. The van der Waals surface area contributed by atoms with Crippen molar-refractivity contribution in [2.75, 3.05) is 29.1 Å². The number of nitrogens with one attached hydrogen (secondary N) is 2. The van der Waals surface area contributed by atoms with Crippen molar-refractivity contribution < 1.29 is 18.7 Å². The third kappa shape index (κ3) is 3.84. The van der Waals surface area contributed by atoms with E-state index in [0.29, 0.717) is 54.1 Å². The van der Waals surface area contributed by atoms with Crippen LogP contribution in [0.4, 0.5) is 20.6 Å². The molecule has 3 aliphatic rings. The van der Waals surface area contributed by atoms with Gasteiger partial charge in [0.2, 0.25) is 5.91 Å². The predicted molar refractivity (Wildman–Crippen MR) is 136 cm³/mol. The summed E-state index contributed by atoms with van der Waals surface area (Å²) in [6.07, 6.45) is 0.693. The van der Waals surface area contributed by atoms with Crippen LogP contribution >= 0.6 is 11.8 Å². The molecule has 8 nitrogen and oxygen atoms in total. The third-order valence-corrected chi connectivity index (χ3v) is 8.20. The molecule has 0 saturated carbocycles. The lowest BCUT2D eigenvalue weighted by Gasteiger charge is -2.20. The molecule has 2 amide bonds. The van der Waals surface area contributed by atoms with Gasteiger partial charge in [0.1, 0.15) is 11.9 Å². The van der Waals surface area contributed by atoms with Gasteiger partial charge in [0, 0.05) is 22.2 Å². The summed E-state index contributed by atoms with van der Waals surface area (Å²) in [6, 6.07) is 11.5. The summed E-state index contributed by atoms with van der Waals surface area (Å²) in [7, 11) is 0. The second-order valence-electron chi connectivity index (χ2n) is 9.39. The summed E-state index contributed by atoms with van der Waals surface area (Å²) in [6.45, 7) is 2.94. The number of cyclic esters (lactones) is 1. The number of ether oxygens (including phenoxy) is 1. The van der Waals surface area contributed by atoms with Crippen LogP contribution in [0, 0.1) is 5.82 Å². The van der Waals surface area contributed by atoms with E-state index in [1.807, 2.05) is 19.1 Å². The van der Waals surface area contributed by atoms with Gasteiger partial charge in [0.05, 0.1) is 35.6 Å². The largest absolute Gasteiger partial charge is 0.444 e. The Bertz CT molecular complexity index is 1460. The Morgan fingerprint density at radius 2 is 2.00 bits per heavy atom. The SMILES string of the molecule is CC1C(NCCCC2CN(c3ccc4c(c3)NC(=O)CS4)C(=O)O2)c2c(F)ccc3ccc(=O)n1c23. The quantitative estimate of drug-likeness (QED) is 0.485. The van der Waals surface area contributed by atoms with Gasteiger partial charge in [0.25, 0.3) is 5.56 Å². The summed E-state index contributed by atoms with van der Waals surface area (Å²) in [4.78, 5) is 39.3. The number of hydrogen-bond acceptors (Lipinski definition) is 6. The summed E-state index contributed by atoms with van der Waals surface area (Å²) in [5.41, 5.74) is 2.46. The molecule has 1 aromatic heterocycles. The highest BCUT2D eigenvalue weighted by atomic mass is 32.2. The second kappa shape index (κ2) is 8.94. The molecule has 1 saturated heterocycles. The van der Waals surface area contributed by atoms with Crippen LogP contribution in [0.25, 0.3) is 10.9 Å². The van der Waals surface area contributed by atoms with Crippen molar-refractivity contribution >= 4 is 46.0 Å². The molecule has 3 unspecified atom stereocenters. The highest BCUT2D eigenvalue weighted by Crippen LogP contribution is 2.40. The number of nitrogens with zero attached hydrogens (tertiary/aromatic N) is 2. The number of rotatable bonds is 6. The molecule has 10 heteroatoms. The van der Waals surface area contributed by atoms with E-state index in [1.54, 1.807) is 27.7 Å². The topological polar surface area (TPSA) is 92.7 Å². The van der Waals surface area contributed by atoms with Gasteiger partial charge < -0.3 is 19.9 Å². The minimum absolute atomic E-state index is 0.0558. The van der Waals surface area contributed by atoms with Crippen molar-refractivity contribution in [3.8, 4) is 0 Å². The van der Waals surface area contributed by atoms with Gasteiger partial charge >= 0.3 is 6.09 Å². The fraction of sp³-hybridized carbons (Fsp3) is 0.346. The van der Waals surface area contributed by atoms with Crippen LogP contribution in [-0.2, 0) is 9.53 Å². The van der Waals surface area contributed by atoms with Gasteiger partial charge in [-0.1, -0.05) is 0 Å². The molecular formula is C26H25FN4O4S. The van der Waals surface area contributed by atoms with Crippen LogP contribution in [0.3, 0.4) is 0 Å². The Kier molecular flexibility index (Phi) is 5.72. The Hall–Kier alpha value is -3.37. The number of pyridine rings is 1. The Morgan fingerprint density at radius 3 is 2.86 bits per heavy atom. The van der Waals surface area contributed by atoms with Gasteiger partial charge in [-0.3, -0.25) is 14.5 Å². The number of anilines is 2. The standard InChI is InChI=1S/C26H25FN4O4S/c1-14-24(23-18(27)7-4-15-5-9-22(33)31(14)25(15)23)28-10-2-3-17-12-30(26(34)35-17)16-6-8-20-19(11-16)29-21(32)13-36-20/h4-9,11,14,17,24,28H,2-3,10,12-13H2,1H3,(H,29,32). The maximum absolute atomic E-state index is 14.8. The first kappa shape index (κ1) is 23.1. The molecule has 0 spiro atoms. The number of fused-ring (bicyclic) bond motifs is 1. The Labute approximate surface area is 210 Å². The van der Waals surface area contributed by atoms with Crippen LogP contribution in [0.1, 0.15) is 37.4 Å². The first-order valence-electron chi connectivity index (χ1n) is 12.0. The number of halogens is 1. The molecule has 2 N–H and O–H groups in total. The lowest BCUT2D eigenvalue weighted by atomic mass is 10.0. The first-order valence-corrected chi connectivity index (χ1v) is 13.0. The highest BCUT2D eigenvalue weighted by molar-refractivity contribution is 8.00. The third-order valence-electron chi connectivity index (χ3n) is 7.13. The van der Waals surface area contributed by atoms with E-state index < -0.39 is 6.09 Å². The zero-order valence-electron chi connectivity index (χ0n) is 19.6. The molecule has 4 heterocycles. The Morgan fingerprint density at radius 1 is 1.17 bits per heavy atom. The maximum atomic E-state index is 14.8. The van der Waals surface area contributed by atoms with E-state index in [4.69, 9.17) is 4.74 Å². The molecule has 36 heavy (non-hydrogen) atoms. The fourth-order valence-corrected chi connectivity index (χ4v) is 6.22. The minimum Gasteiger partial charge on any atom is -0.444 e. The average molecular weight is 509 g/mol. The molecule has 0 bridgehead atoms. The van der Waals surface area contributed by atoms with Crippen LogP contribution in [0.15, 0.2) is 52.2 Å². The number of carbonyl (C=O) groups is 2. The number of amides is 2. The van der Waals surface area contributed by atoms with Gasteiger partial charge in [0.15, 0.2) is 0 Å². The normalized spacial score (nSPS) is 22.6. The van der Waals surface area contributed by atoms with Crippen molar-refractivity contribution in [3.05, 3.63) is 64.2 Å². The highest BCUT2D eigenvalue weighted by Gasteiger charge is 2.35. The number of hydrogen-bond donors (Lipinski definition) is 2. The molecule has 2 aromatic carbocycles. The average Bonchev–Trinajstić information content (AvgIpc) is 3.38. The van der Waals surface area contributed by atoms with Crippen molar-refractivity contribution in [2.24, 2.45) is 0 Å². The summed E-state index contributed by atoms with van der Waals surface area (Å²) < 4.78 is 22.0. The zero-order chi connectivity index (χ0) is 25.0. The summed E-state index contributed by atoms with van der Waals surface area (Å²) in [5, 5.41) is 7.12. The summed E-state index contributed by atoms with van der Waals surface area (Å²) >= 11 is 1.47. The van der Waals surface area contributed by atoms with Crippen molar-refractivity contribution in [1.82, 2.24) is 9.88 Å². The van der Waals surface area contributed by atoms with Crippen LogP contribution in [-0.4, -0.2) is 41.5 Å². The lowest BCUT2D eigenvalue weighted by molar-refractivity contribution is -0.113. The predicted octanol–water partition coefficient (Wildman–Crippen LogP) is 4.20. The van der Waals surface area contributed by atoms with Crippen LogP contribution in [0.2, 0.25) is 0 Å². The summed E-state index contributed by atoms with van der Waals surface area (Å²) in [5.74, 6) is 0.0155. The van der Waals surface area contributed by atoms with Crippen LogP contribution in [0.5, 0.6) is 0 Å². The molecular weight excluding hydrogens is 483 g/mol. The van der Waals surface area contributed by atoms with E-state index >= 15 is 0 Å². The van der Waals surface area contributed by atoms with Crippen LogP contribution < -0.4 is 21.1 Å². The number of aromatic nitrogens is 1. The second-order valence-corrected chi connectivity index (χ2v) is 10.4. The molecule has 3 aliphatic heterocycles. The van der Waals surface area contributed by atoms with Gasteiger partial charge in [-0.15, -0.1) is 11.8 Å². The number of carbonyl (C=O) groups excluding carboxylic acids is 2. The zero-order valence-corrected chi connectivity index (χ0v) is 20.4. The lowest BCUT2D eigenvalue weighted by Crippen LogP contribution is -2.30. The van der Waals surface area contributed by atoms with Crippen molar-refractivity contribution in [1.29, 1.82) is 0 Å². The van der Waals surface area contributed by atoms with Crippen molar-refractivity contribution in [3.63, 3.8) is 0 Å². The number of thioether (sulfide) groups is 1. The van der Waals surface area contributed by atoms with Gasteiger partial charge in [-0.2, -0.15) is 0 Å². The van der Waals surface area contributed by atoms with E-state index in [0.717, 1.165) is 10.3 Å². The van der Waals surface area contributed by atoms with E-state index in [9.17, 15) is 18.8 Å². The first-order chi connectivity index (χ1) is 17.4. The molecule has 0 radical (unpaired) electrons. The van der Waals surface area contributed by atoms with E-state index in [2.05, 4.69) is 10.6 Å². The molecule has 1 fully saturated rings. The Balaban J connectivity index is 1.08. The molecule has 0 aliphatic carbocycles. The van der Waals surface area contributed by atoms with Gasteiger partial charge in [-0.05, 0) is 68.1 Å². The monoisotopic (exact) mass is 508 g/mol. The smallest absolute Gasteiger partial charge is 0.414 e. The van der Waals surface area contributed by atoms with Crippen molar-refractivity contribution in [2.45, 2.75) is 42.8 Å². The van der Waals surface area contributed by atoms with Gasteiger partial charge in [-0.25, -0.2) is 9.18 Å². The molecule has 3 aromatic rings. The number of benzene rings is 2. The molecule has 3 atom stereocenters. The van der Waals surface area contributed by atoms with E-state index in [1.165, 1.54) is 23.9 Å².